The van der Waals surface area contributed by atoms with Gasteiger partial charge in [0.05, 0.1) is 23.6 Å². The Balaban J connectivity index is 2.03. The van der Waals surface area contributed by atoms with Gasteiger partial charge in [0.2, 0.25) is 0 Å². The van der Waals surface area contributed by atoms with Crippen molar-refractivity contribution >= 4 is 38.4 Å². The van der Waals surface area contributed by atoms with Gasteiger partial charge in [0.1, 0.15) is 0 Å². The number of piperazine rings is 1. The van der Waals surface area contributed by atoms with Gasteiger partial charge in [0.15, 0.2) is 5.13 Å². The van der Waals surface area contributed by atoms with Crippen LogP contribution in [0.3, 0.4) is 0 Å². The van der Waals surface area contributed by atoms with Crippen LogP contribution in [0.1, 0.15) is 13.8 Å². The highest BCUT2D eigenvalue weighted by molar-refractivity contribution is 9.11. The first-order valence-electron chi connectivity index (χ1n) is 6.20. The summed E-state index contributed by atoms with van der Waals surface area (Å²) in [6.45, 7) is 6.37. The van der Waals surface area contributed by atoms with E-state index in [0.717, 1.165) is 22.0 Å². The number of ether oxygens (including phenoxy) is 1. The van der Waals surface area contributed by atoms with E-state index in [1.54, 1.807) is 11.3 Å². The van der Waals surface area contributed by atoms with E-state index in [2.05, 4.69) is 44.6 Å². The largest absolute Gasteiger partial charge is 0.468 e. The van der Waals surface area contributed by atoms with E-state index in [4.69, 9.17) is 4.74 Å². The third-order valence-electron chi connectivity index (χ3n) is 3.38. The number of esters is 1. The maximum absolute atomic E-state index is 11.4. The van der Waals surface area contributed by atoms with E-state index < -0.39 is 0 Å². The maximum Gasteiger partial charge on any atom is 0.319 e. The molecule has 0 saturated carbocycles. The molecule has 1 aromatic heterocycles. The molecule has 19 heavy (non-hydrogen) atoms. The van der Waals surface area contributed by atoms with Crippen molar-refractivity contribution in [2.24, 2.45) is 0 Å². The molecule has 1 aliphatic rings. The standard InChI is InChI=1S/C12H18BrN3O2S/c1-8-5-15(12-14-4-10(13)19-12)6-9(2)16(8)7-11(17)18-3/h4,8-9H,5-7H2,1-3H3/t8-,9+. The van der Waals surface area contributed by atoms with Gasteiger partial charge in [-0.25, -0.2) is 4.98 Å². The van der Waals surface area contributed by atoms with Crippen LogP contribution >= 0.6 is 27.3 Å². The zero-order valence-corrected chi connectivity index (χ0v) is 13.7. The average Bonchev–Trinajstić information content (AvgIpc) is 2.80. The first kappa shape index (κ1) is 14.7. The number of methoxy groups -OCH3 is 1. The zero-order chi connectivity index (χ0) is 14.0. The second kappa shape index (κ2) is 6.19. The van der Waals surface area contributed by atoms with Crippen LogP contribution in [0, 0.1) is 0 Å². The normalized spacial score (nSPS) is 24.5. The molecule has 2 atom stereocenters. The first-order valence-corrected chi connectivity index (χ1v) is 7.81. The Bertz CT molecular complexity index is 442. The number of aromatic nitrogens is 1. The Morgan fingerprint density at radius 3 is 2.63 bits per heavy atom. The molecule has 0 aromatic carbocycles. The summed E-state index contributed by atoms with van der Waals surface area (Å²) in [6, 6.07) is 0.594. The van der Waals surface area contributed by atoms with Gasteiger partial charge >= 0.3 is 5.97 Å². The number of halogens is 1. The maximum atomic E-state index is 11.4. The Morgan fingerprint density at radius 1 is 1.53 bits per heavy atom. The predicted molar refractivity (Wildman–Crippen MR) is 79.7 cm³/mol. The number of hydrogen-bond acceptors (Lipinski definition) is 6. The molecule has 1 saturated heterocycles. The van der Waals surface area contributed by atoms with Gasteiger partial charge in [-0.15, -0.1) is 0 Å². The Labute approximate surface area is 125 Å². The van der Waals surface area contributed by atoms with E-state index in [-0.39, 0.29) is 5.97 Å². The van der Waals surface area contributed by atoms with Gasteiger partial charge in [-0.2, -0.15) is 0 Å². The van der Waals surface area contributed by atoms with E-state index in [9.17, 15) is 4.79 Å². The van der Waals surface area contributed by atoms with Crippen LogP contribution in [0.4, 0.5) is 5.13 Å². The number of nitrogens with zero attached hydrogens (tertiary/aromatic N) is 3. The lowest BCUT2D eigenvalue weighted by atomic mass is 10.1. The van der Waals surface area contributed by atoms with Gasteiger partial charge in [-0.3, -0.25) is 9.69 Å². The summed E-state index contributed by atoms with van der Waals surface area (Å²) in [4.78, 5) is 20.3. The number of hydrogen-bond donors (Lipinski definition) is 0. The monoisotopic (exact) mass is 347 g/mol. The van der Waals surface area contributed by atoms with E-state index in [0.29, 0.717) is 18.6 Å². The van der Waals surface area contributed by atoms with Crippen molar-refractivity contribution in [1.29, 1.82) is 0 Å². The highest BCUT2D eigenvalue weighted by Crippen LogP contribution is 2.29. The van der Waals surface area contributed by atoms with Crippen LogP contribution in [0.15, 0.2) is 9.98 Å². The minimum atomic E-state index is -0.177. The lowest BCUT2D eigenvalue weighted by Gasteiger charge is -2.43. The summed E-state index contributed by atoms with van der Waals surface area (Å²) in [5.41, 5.74) is 0. The molecule has 7 heteroatoms. The van der Waals surface area contributed by atoms with Gasteiger partial charge in [0, 0.05) is 25.2 Å². The number of carbonyl (C=O) groups is 1. The number of anilines is 1. The fourth-order valence-electron chi connectivity index (χ4n) is 2.43. The third kappa shape index (κ3) is 3.46. The molecule has 5 nitrogen and oxygen atoms in total. The van der Waals surface area contributed by atoms with Crippen LogP contribution in [-0.4, -0.2) is 54.7 Å². The van der Waals surface area contributed by atoms with E-state index >= 15 is 0 Å². The summed E-state index contributed by atoms with van der Waals surface area (Å²) in [5, 5.41) is 1.03. The number of rotatable bonds is 3. The molecule has 0 radical (unpaired) electrons. The average molecular weight is 348 g/mol. The summed E-state index contributed by atoms with van der Waals surface area (Å²) >= 11 is 5.08. The molecule has 0 amide bonds. The zero-order valence-electron chi connectivity index (χ0n) is 11.3. The van der Waals surface area contributed by atoms with Crippen molar-refractivity contribution in [1.82, 2.24) is 9.88 Å². The minimum Gasteiger partial charge on any atom is -0.468 e. The molecule has 0 aliphatic carbocycles. The van der Waals surface area contributed by atoms with Crippen LogP contribution in [0.25, 0.3) is 0 Å². The molecule has 106 valence electrons. The van der Waals surface area contributed by atoms with Crippen LogP contribution in [0.2, 0.25) is 0 Å². The van der Waals surface area contributed by atoms with Crippen LogP contribution < -0.4 is 4.90 Å². The molecule has 2 heterocycles. The molecule has 1 aliphatic heterocycles. The molecule has 0 unspecified atom stereocenters. The van der Waals surface area contributed by atoms with E-state index in [1.165, 1.54) is 7.11 Å². The van der Waals surface area contributed by atoms with Crippen molar-refractivity contribution in [3.8, 4) is 0 Å². The Morgan fingerprint density at radius 2 is 2.16 bits per heavy atom. The molecule has 0 N–H and O–H groups in total. The van der Waals surface area contributed by atoms with E-state index in [1.807, 2.05) is 6.20 Å². The van der Waals surface area contributed by atoms with Gasteiger partial charge in [0.25, 0.3) is 0 Å². The Hall–Kier alpha value is -0.660. The van der Waals surface area contributed by atoms with Gasteiger partial charge in [-0.05, 0) is 29.8 Å². The molecular formula is C12H18BrN3O2S. The van der Waals surface area contributed by atoms with Crippen molar-refractivity contribution in [2.75, 3.05) is 31.6 Å². The van der Waals surface area contributed by atoms with Crippen molar-refractivity contribution in [3.63, 3.8) is 0 Å². The number of thiazole rings is 1. The minimum absolute atomic E-state index is 0.177. The predicted octanol–water partition coefficient (Wildman–Crippen LogP) is 1.98. The Kier molecular flexibility index (Phi) is 4.81. The van der Waals surface area contributed by atoms with Gasteiger partial charge < -0.3 is 9.64 Å². The van der Waals surface area contributed by atoms with Crippen LogP contribution in [0.5, 0.6) is 0 Å². The van der Waals surface area contributed by atoms with Crippen molar-refractivity contribution in [2.45, 2.75) is 25.9 Å². The highest BCUT2D eigenvalue weighted by Gasteiger charge is 2.31. The summed E-state index contributed by atoms with van der Waals surface area (Å²) in [7, 11) is 1.43. The third-order valence-corrected chi connectivity index (χ3v) is 4.91. The summed E-state index contributed by atoms with van der Waals surface area (Å²) < 4.78 is 5.80. The topological polar surface area (TPSA) is 45.7 Å². The molecule has 0 bridgehead atoms. The number of carbonyl (C=O) groups excluding carboxylic acids is 1. The summed E-state index contributed by atoms with van der Waals surface area (Å²) in [6.07, 6.45) is 1.83. The second-order valence-corrected chi connectivity index (χ2v) is 7.19. The molecule has 1 aromatic rings. The molecule has 2 rings (SSSR count). The van der Waals surface area contributed by atoms with Gasteiger partial charge in [-0.1, -0.05) is 11.3 Å². The fourth-order valence-corrected chi connectivity index (χ4v) is 3.63. The molecule has 1 fully saturated rings. The SMILES string of the molecule is COC(=O)CN1[C@H](C)CN(c2ncc(Br)s2)C[C@@H]1C. The molecule has 0 spiro atoms. The molecular weight excluding hydrogens is 330 g/mol. The lowest BCUT2D eigenvalue weighted by Crippen LogP contribution is -2.58. The lowest BCUT2D eigenvalue weighted by molar-refractivity contribution is -0.143. The smallest absolute Gasteiger partial charge is 0.319 e. The first-order chi connectivity index (χ1) is 9.01. The van der Waals surface area contributed by atoms with Crippen molar-refractivity contribution in [3.05, 3.63) is 9.98 Å². The van der Waals surface area contributed by atoms with Crippen molar-refractivity contribution < 1.29 is 9.53 Å². The highest BCUT2D eigenvalue weighted by atomic mass is 79.9. The van der Waals surface area contributed by atoms with Crippen LogP contribution in [-0.2, 0) is 9.53 Å². The quantitative estimate of drug-likeness (QED) is 0.782. The second-order valence-electron chi connectivity index (χ2n) is 4.80. The fraction of sp³-hybridized carbons (Fsp3) is 0.667. The summed E-state index contributed by atoms with van der Waals surface area (Å²) in [5.74, 6) is -0.177.